The van der Waals surface area contributed by atoms with Gasteiger partial charge >= 0.3 is 0 Å². The fourth-order valence-corrected chi connectivity index (χ4v) is 4.82. The number of halogens is 1. The van der Waals surface area contributed by atoms with E-state index in [2.05, 4.69) is 17.4 Å². The second-order valence-corrected chi connectivity index (χ2v) is 9.31. The van der Waals surface area contributed by atoms with Crippen LogP contribution in [-0.2, 0) is 21.2 Å². The third kappa shape index (κ3) is 6.72. The Bertz CT molecular complexity index is 931. The van der Waals surface area contributed by atoms with Gasteiger partial charge < -0.3 is 10.1 Å². The van der Waals surface area contributed by atoms with Gasteiger partial charge in [-0.1, -0.05) is 55.8 Å². The number of carbonyl (C=O) groups excluding carboxylic acids is 1. The van der Waals surface area contributed by atoms with Gasteiger partial charge in [0.1, 0.15) is 5.75 Å². The highest BCUT2D eigenvalue weighted by Crippen LogP contribution is 2.28. The van der Waals surface area contributed by atoms with Gasteiger partial charge in [-0.25, -0.2) is 8.42 Å². The fraction of sp³-hybridized carbons (Fsp3) is 0.409. The van der Waals surface area contributed by atoms with Crippen molar-refractivity contribution in [1.82, 2.24) is 9.62 Å². The summed E-state index contributed by atoms with van der Waals surface area (Å²) in [6.07, 6.45) is 1.69. The molecule has 0 bridgehead atoms. The molecule has 1 N–H and O–H groups in total. The van der Waals surface area contributed by atoms with Gasteiger partial charge in [0.25, 0.3) is 5.91 Å². The van der Waals surface area contributed by atoms with Crippen LogP contribution in [0.1, 0.15) is 32.8 Å². The average Bonchev–Trinajstić information content (AvgIpc) is 2.72. The summed E-state index contributed by atoms with van der Waals surface area (Å²) in [7, 11) is -3.60. The summed E-state index contributed by atoms with van der Waals surface area (Å²) in [5, 5.41) is 3.04. The third-order valence-electron chi connectivity index (χ3n) is 4.72. The van der Waals surface area contributed by atoms with E-state index in [1.54, 1.807) is 13.8 Å². The summed E-state index contributed by atoms with van der Waals surface area (Å²) in [5.74, 6) is 0.00807. The number of hydrogen-bond donors (Lipinski definition) is 1. The van der Waals surface area contributed by atoms with Crippen molar-refractivity contribution in [2.75, 3.05) is 19.7 Å². The Balaban J connectivity index is 1.88. The van der Waals surface area contributed by atoms with Gasteiger partial charge in [-0.3, -0.25) is 4.79 Å². The maximum atomic E-state index is 12.6. The van der Waals surface area contributed by atoms with Crippen LogP contribution >= 0.6 is 11.6 Å². The predicted octanol–water partition coefficient (Wildman–Crippen LogP) is 3.89. The molecule has 0 unspecified atom stereocenters. The van der Waals surface area contributed by atoms with Crippen LogP contribution in [0.5, 0.6) is 5.75 Å². The van der Waals surface area contributed by atoms with Crippen LogP contribution in [0.4, 0.5) is 0 Å². The lowest BCUT2D eigenvalue weighted by atomic mass is 10.1. The maximum Gasteiger partial charge on any atom is 0.258 e. The third-order valence-corrected chi connectivity index (χ3v) is 7.06. The number of hydrogen-bond acceptors (Lipinski definition) is 4. The van der Waals surface area contributed by atoms with Gasteiger partial charge in [0.2, 0.25) is 10.0 Å². The minimum atomic E-state index is -3.60. The summed E-state index contributed by atoms with van der Waals surface area (Å²) in [4.78, 5) is 12.3. The van der Waals surface area contributed by atoms with E-state index < -0.39 is 10.0 Å². The molecule has 6 nitrogen and oxygen atoms in total. The summed E-state index contributed by atoms with van der Waals surface area (Å²) < 4.78 is 32.0. The maximum absolute atomic E-state index is 12.6. The van der Waals surface area contributed by atoms with Gasteiger partial charge in [0.15, 0.2) is 6.61 Å². The lowest BCUT2D eigenvalue weighted by molar-refractivity contribution is -0.123. The zero-order valence-corrected chi connectivity index (χ0v) is 19.2. The molecule has 0 aliphatic rings. The van der Waals surface area contributed by atoms with Gasteiger partial charge in [-0.05, 0) is 43.5 Å². The molecule has 1 amide bonds. The lowest BCUT2D eigenvalue weighted by Crippen LogP contribution is -2.36. The number of carbonyl (C=O) groups is 1. The predicted molar refractivity (Wildman–Crippen MR) is 119 cm³/mol. The quantitative estimate of drug-likeness (QED) is 0.561. The summed E-state index contributed by atoms with van der Waals surface area (Å²) in [6, 6.07) is 14.4. The summed E-state index contributed by atoms with van der Waals surface area (Å²) >= 11 is 6.19. The Morgan fingerprint density at radius 3 is 2.40 bits per heavy atom. The van der Waals surface area contributed by atoms with Gasteiger partial charge in [0, 0.05) is 19.1 Å². The van der Waals surface area contributed by atoms with Gasteiger partial charge in [-0.15, -0.1) is 0 Å². The zero-order valence-electron chi connectivity index (χ0n) is 17.6. The molecule has 164 valence electrons. The molecule has 2 aromatic rings. The molecular weight excluding hydrogens is 424 g/mol. The van der Waals surface area contributed by atoms with Gasteiger partial charge in [-0.2, -0.15) is 4.31 Å². The number of benzene rings is 2. The average molecular weight is 453 g/mol. The molecule has 0 aliphatic heterocycles. The summed E-state index contributed by atoms with van der Waals surface area (Å²) in [5.41, 5.74) is 1.22. The number of rotatable bonds is 11. The van der Waals surface area contributed by atoms with E-state index in [1.807, 2.05) is 25.1 Å². The van der Waals surface area contributed by atoms with Crippen molar-refractivity contribution >= 4 is 27.5 Å². The SMILES string of the molecule is CCN(CC)S(=O)(=O)c1ccc(OCC(=O)N[C@H](C)CCc2ccccc2)c(Cl)c1. The standard InChI is InChI=1S/C22H29ClN2O4S/c1-4-25(5-2)30(27,28)19-13-14-21(20(23)15-19)29-16-22(26)24-17(3)11-12-18-9-7-6-8-10-18/h6-10,13-15,17H,4-5,11-12,16H2,1-3H3,(H,24,26)/t17-/m1/s1. The molecule has 0 saturated heterocycles. The van der Waals surface area contributed by atoms with Crippen molar-refractivity contribution in [3.63, 3.8) is 0 Å². The van der Waals surface area contributed by atoms with E-state index in [-0.39, 0.29) is 34.2 Å². The first kappa shape index (κ1) is 24.2. The highest BCUT2D eigenvalue weighted by molar-refractivity contribution is 7.89. The van der Waals surface area contributed by atoms with Crippen molar-refractivity contribution in [1.29, 1.82) is 0 Å². The number of ether oxygens (including phenoxy) is 1. The van der Waals surface area contributed by atoms with E-state index in [0.29, 0.717) is 13.1 Å². The van der Waals surface area contributed by atoms with Crippen molar-refractivity contribution in [2.24, 2.45) is 0 Å². The first-order chi connectivity index (χ1) is 14.3. The number of nitrogens with one attached hydrogen (secondary N) is 1. The Hall–Kier alpha value is -2.09. The molecular formula is C22H29ClN2O4S. The largest absolute Gasteiger partial charge is 0.482 e. The van der Waals surface area contributed by atoms with Crippen LogP contribution in [0.3, 0.4) is 0 Å². The molecule has 2 rings (SSSR count). The van der Waals surface area contributed by atoms with Crippen LogP contribution in [0.15, 0.2) is 53.4 Å². The first-order valence-electron chi connectivity index (χ1n) is 10.0. The molecule has 0 heterocycles. The molecule has 0 fully saturated rings. The molecule has 0 aliphatic carbocycles. The lowest BCUT2D eigenvalue weighted by Gasteiger charge is -2.19. The number of amides is 1. The zero-order chi connectivity index (χ0) is 22.1. The minimum Gasteiger partial charge on any atom is -0.482 e. The minimum absolute atomic E-state index is 0.00151. The molecule has 0 radical (unpaired) electrons. The molecule has 30 heavy (non-hydrogen) atoms. The smallest absolute Gasteiger partial charge is 0.258 e. The van der Waals surface area contributed by atoms with E-state index in [9.17, 15) is 13.2 Å². The van der Waals surface area contributed by atoms with Crippen molar-refractivity contribution in [3.8, 4) is 5.75 Å². The Morgan fingerprint density at radius 2 is 1.80 bits per heavy atom. The second kappa shape index (κ2) is 11.3. The molecule has 0 saturated carbocycles. The molecule has 1 atom stereocenters. The first-order valence-corrected chi connectivity index (χ1v) is 11.9. The van der Waals surface area contributed by atoms with Crippen LogP contribution < -0.4 is 10.1 Å². The van der Waals surface area contributed by atoms with Crippen LogP contribution in [0.2, 0.25) is 5.02 Å². The van der Waals surface area contributed by atoms with E-state index in [1.165, 1.54) is 28.1 Å². The Kier molecular flexibility index (Phi) is 9.14. The highest BCUT2D eigenvalue weighted by Gasteiger charge is 2.22. The molecule has 0 spiro atoms. The van der Waals surface area contributed by atoms with Crippen LogP contribution in [-0.4, -0.2) is 44.4 Å². The summed E-state index contributed by atoms with van der Waals surface area (Å²) in [6.45, 7) is 6.05. The monoisotopic (exact) mass is 452 g/mol. The number of aryl methyl sites for hydroxylation is 1. The molecule has 0 aromatic heterocycles. The topological polar surface area (TPSA) is 75.7 Å². The number of nitrogens with zero attached hydrogens (tertiary/aromatic N) is 1. The van der Waals surface area contributed by atoms with E-state index in [4.69, 9.17) is 16.3 Å². The van der Waals surface area contributed by atoms with Gasteiger partial charge in [0.05, 0.1) is 9.92 Å². The number of sulfonamides is 1. The molecule has 2 aromatic carbocycles. The Morgan fingerprint density at radius 1 is 1.13 bits per heavy atom. The van der Waals surface area contributed by atoms with E-state index >= 15 is 0 Å². The fourth-order valence-electron chi connectivity index (χ4n) is 3.03. The van der Waals surface area contributed by atoms with Crippen LogP contribution in [0.25, 0.3) is 0 Å². The van der Waals surface area contributed by atoms with E-state index in [0.717, 1.165) is 12.8 Å². The Labute approximate surface area is 184 Å². The van der Waals surface area contributed by atoms with Crippen molar-refractivity contribution in [2.45, 2.75) is 44.6 Å². The van der Waals surface area contributed by atoms with Crippen LogP contribution in [0, 0.1) is 0 Å². The van der Waals surface area contributed by atoms with Crippen molar-refractivity contribution in [3.05, 3.63) is 59.1 Å². The highest BCUT2D eigenvalue weighted by atomic mass is 35.5. The second-order valence-electron chi connectivity index (χ2n) is 6.96. The van der Waals surface area contributed by atoms with Crippen molar-refractivity contribution < 1.29 is 17.9 Å². The molecule has 8 heteroatoms. The normalized spacial score (nSPS) is 12.6.